The zero-order chi connectivity index (χ0) is 21.7. The molecule has 162 valence electrons. The first-order chi connectivity index (χ1) is 13.5. The number of carbonyl (C=O) groups excluding carboxylic acids is 1. The first kappa shape index (κ1) is 23.2. The van der Waals surface area contributed by atoms with Gasteiger partial charge < -0.3 is 14.6 Å². The van der Waals surface area contributed by atoms with Crippen LogP contribution in [0.2, 0.25) is 0 Å². The summed E-state index contributed by atoms with van der Waals surface area (Å²) in [6.45, 7) is 5.44. The van der Waals surface area contributed by atoms with Crippen molar-refractivity contribution in [3.05, 3.63) is 30.2 Å². The number of nitrogens with zero attached hydrogens (tertiary/aromatic N) is 2. The number of hydrogen-bond donors (Lipinski definition) is 1. The Morgan fingerprint density at radius 1 is 1.38 bits per heavy atom. The molecule has 0 aromatic carbocycles. The van der Waals surface area contributed by atoms with Gasteiger partial charge in [0, 0.05) is 25.6 Å². The van der Waals surface area contributed by atoms with E-state index < -0.39 is 27.7 Å². The fraction of sp³-hybridized carbons (Fsp3) is 0.579. The maximum atomic E-state index is 13.1. The molecule has 1 aromatic heterocycles. The van der Waals surface area contributed by atoms with Gasteiger partial charge in [-0.05, 0) is 45.3 Å². The van der Waals surface area contributed by atoms with Crippen LogP contribution in [0.1, 0.15) is 40.0 Å². The predicted molar refractivity (Wildman–Crippen MR) is 103 cm³/mol. The Bertz CT molecular complexity index is 833. The van der Waals surface area contributed by atoms with Crippen LogP contribution in [0.25, 0.3) is 0 Å². The molecule has 0 radical (unpaired) electrons. The predicted octanol–water partition coefficient (Wildman–Crippen LogP) is 2.19. The van der Waals surface area contributed by atoms with E-state index in [-0.39, 0.29) is 48.9 Å². The van der Waals surface area contributed by atoms with Gasteiger partial charge in [-0.3, -0.25) is 4.79 Å². The van der Waals surface area contributed by atoms with Crippen molar-refractivity contribution in [2.75, 3.05) is 19.7 Å². The Hall–Kier alpha value is -2.04. The highest BCUT2D eigenvalue weighted by molar-refractivity contribution is 7.89. The molecular formula is C19H27FN2O6S. The number of β-amino-alcohol motifs (C(OH)–C–C–N with tert-alkyl or cyclic N) is 1. The first-order valence-electron chi connectivity index (χ1n) is 9.28. The second-order valence-electron chi connectivity index (χ2n) is 7.78. The number of ether oxygens (including phenoxy) is 2. The summed E-state index contributed by atoms with van der Waals surface area (Å²) in [6.07, 6.45) is 1.43. The van der Waals surface area contributed by atoms with Crippen molar-refractivity contribution in [3.8, 4) is 5.88 Å². The number of aliphatic hydroxyl groups is 1. The lowest BCUT2D eigenvalue weighted by molar-refractivity contribution is -0.154. The minimum atomic E-state index is -3.73. The van der Waals surface area contributed by atoms with E-state index in [1.807, 2.05) is 0 Å². The minimum Gasteiger partial charge on any atom is -0.473 e. The van der Waals surface area contributed by atoms with Crippen molar-refractivity contribution >= 4 is 16.0 Å². The lowest BCUT2D eigenvalue weighted by atomic mass is 10.1. The molecule has 1 aromatic rings. The highest BCUT2D eigenvalue weighted by atomic mass is 32.2. The van der Waals surface area contributed by atoms with E-state index in [9.17, 15) is 22.7 Å². The molecular weight excluding hydrogens is 403 g/mol. The van der Waals surface area contributed by atoms with Gasteiger partial charge in [-0.25, -0.2) is 17.8 Å². The summed E-state index contributed by atoms with van der Waals surface area (Å²) >= 11 is 0. The van der Waals surface area contributed by atoms with Crippen LogP contribution in [0.3, 0.4) is 0 Å². The van der Waals surface area contributed by atoms with Crippen molar-refractivity contribution in [1.82, 2.24) is 9.29 Å². The Morgan fingerprint density at radius 2 is 2.10 bits per heavy atom. The van der Waals surface area contributed by atoms with Crippen LogP contribution in [0.5, 0.6) is 5.88 Å². The largest absolute Gasteiger partial charge is 0.473 e. The van der Waals surface area contributed by atoms with Crippen LogP contribution in [0.4, 0.5) is 4.39 Å². The third-order valence-electron chi connectivity index (χ3n) is 4.10. The summed E-state index contributed by atoms with van der Waals surface area (Å²) < 4.78 is 49.8. The van der Waals surface area contributed by atoms with Gasteiger partial charge in [-0.15, -0.1) is 0 Å². The monoisotopic (exact) mass is 430 g/mol. The summed E-state index contributed by atoms with van der Waals surface area (Å²) in [5.41, 5.74) is -0.354. The smallest absolute Gasteiger partial charge is 0.306 e. The summed E-state index contributed by atoms with van der Waals surface area (Å²) in [4.78, 5) is 15.7. The number of halogens is 1. The molecule has 1 aliphatic rings. The number of sulfonamides is 1. The molecule has 1 atom stereocenters. The van der Waals surface area contributed by atoms with Gasteiger partial charge in [0.15, 0.2) is 0 Å². The van der Waals surface area contributed by atoms with Crippen LogP contribution in [0, 0.1) is 0 Å². The molecule has 0 unspecified atom stereocenters. The van der Waals surface area contributed by atoms with Gasteiger partial charge in [0.25, 0.3) is 0 Å². The van der Waals surface area contributed by atoms with E-state index in [4.69, 9.17) is 9.47 Å². The Labute approximate surface area is 170 Å². The maximum absolute atomic E-state index is 13.1. The number of rotatable bonds is 8. The molecule has 2 rings (SSSR count). The second kappa shape index (κ2) is 9.64. The minimum absolute atomic E-state index is 0.00914. The van der Waals surface area contributed by atoms with E-state index in [0.29, 0.717) is 12.8 Å². The van der Waals surface area contributed by atoms with Gasteiger partial charge in [0.2, 0.25) is 15.9 Å². The van der Waals surface area contributed by atoms with Crippen molar-refractivity contribution < 1.29 is 32.2 Å². The van der Waals surface area contributed by atoms with Gasteiger partial charge in [-0.2, -0.15) is 4.31 Å². The fourth-order valence-corrected chi connectivity index (χ4v) is 4.10. The lowest BCUT2D eigenvalue weighted by Gasteiger charge is -2.19. The quantitative estimate of drug-likeness (QED) is 0.630. The molecule has 1 aliphatic heterocycles. The van der Waals surface area contributed by atoms with E-state index >= 15 is 0 Å². The summed E-state index contributed by atoms with van der Waals surface area (Å²) in [7, 11) is -3.73. The molecule has 10 heteroatoms. The Morgan fingerprint density at radius 3 is 2.62 bits per heavy atom. The average Bonchev–Trinajstić information content (AvgIpc) is 3.08. The Balaban J connectivity index is 1.88. The molecule has 0 spiro atoms. The van der Waals surface area contributed by atoms with Gasteiger partial charge in [0.1, 0.15) is 17.1 Å². The van der Waals surface area contributed by atoms with Crippen LogP contribution in [0.15, 0.2) is 35.1 Å². The standard InChI is InChI=1S/C19H27FN2O6S/c1-19(2,3)28-18(24)7-4-14(10-20)13-27-17-6-5-16(11-21-17)29(25,26)22-9-8-15(23)12-22/h5-6,10-11,15,23H,4,7-9,12-13H2,1-3H3/b14-10+/t15-/m0/s1. The highest BCUT2D eigenvalue weighted by Gasteiger charge is 2.31. The van der Waals surface area contributed by atoms with Crippen molar-refractivity contribution in [1.29, 1.82) is 0 Å². The van der Waals surface area contributed by atoms with E-state index in [1.165, 1.54) is 16.4 Å². The van der Waals surface area contributed by atoms with Crippen LogP contribution >= 0.6 is 0 Å². The molecule has 1 fully saturated rings. The molecule has 0 saturated carbocycles. The number of aromatic nitrogens is 1. The maximum Gasteiger partial charge on any atom is 0.306 e. The second-order valence-corrected chi connectivity index (χ2v) is 9.72. The van der Waals surface area contributed by atoms with Gasteiger partial charge >= 0.3 is 5.97 Å². The highest BCUT2D eigenvalue weighted by Crippen LogP contribution is 2.22. The average molecular weight is 430 g/mol. The van der Waals surface area contributed by atoms with Crippen molar-refractivity contribution in [2.45, 2.75) is 56.6 Å². The molecule has 0 amide bonds. The first-order valence-corrected chi connectivity index (χ1v) is 10.7. The number of aliphatic hydroxyl groups excluding tert-OH is 1. The normalized spacial score (nSPS) is 18.7. The molecule has 1 saturated heterocycles. The summed E-state index contributed by atoms with van der Waals surface area (Å²) in [5, 5.41) is 9.53. The van der Waals surface area contributed by atoms with E-state index in [1.54, 1.807) is 20.8 Å². The Kier molecular flexibility index (Phi) is 7.73. The third-order valence-corrected chi connectivity index (χ3v) is 5.95. The SMILES string of the molecule is CC(C)(C)OC(=O)CC/C(=C\F)COc1ccc(S(=O)(=O)N2CC[C@H](O)C2)cn1. The van der Waals surface area contributed by atoms with Crippen LogP contribution in [-0.4, -0.2) is 60.2 Å². The molecule has 0 aliphatic carbocycles. The van der Waals surface area contributed by atoms with E-state index in [2.05, 4.69) is 4.98 Å². The van der Waals surface area contributed by atoms with Crippen molar-refractivity contribution in [3.63, 3.8) is 0 Å². The molecule has 0 bridgehead atoms. The van der Waals surface area contributed by atoms with Crippen LogP contribution < -0.4 is 4.74 Å². The number of pyridine rings is 1. The number of carbonyl (C=O) groups is 1. The topological polar surface area (TPSA) is 106 Å². The van der Waals surface area contributed by atoms with Crippen molar-refractivity contribution in [2.24, 2.45) is 0 Å². The summed E-state index contributed by atoms with van der Waals surface area (Å²) in [6, 6.07) is 2.73. The van der Waals surface area contributed by atoms with Crippen LogP contribution in [-0.2, 0) is 19.6 Å². The molecule has 29 heavy (non-hydrogen) atoms. The zero-order valence-electron chi connectivity index (χ0n) is 16.8. The molecule has 8 nitrogen and oxygen atoms in total. The number of hydrogen-bond acceptors (Lipinski definition) is 7. The van der Waals surface area contributed by atoms with E-state index in [0.717, 1.165) is 6.20 Å². The molecule has 1 N–H and O–H groups in total. The fourth-order valence-electron chi connectivity index (χ4n) is 2.66. The lowest BCUT2D eigenvalue weighted by Crippen LogP contribution is -2.29. The zero-order valence-corrected chi connectivity index (χ0v) is 17.6. The van der Waals surface area contributed by atoms with Gasteiger partial charge in [-0.1, -0.05) is 0 Å². The molecule has 2 heterocycles. The summed E-state index contributed by atoms with van der Waals surface area (Å²) in [5.74, 6) is -0.307. The number of esters is 1. The van der Waals surface area contributed by atoms with Gasteiger partial charge in [0.05, 0.1) is 18.6 Å². The third kappa shape index (κ3) is 7.06.